The van der Waals surface area contributed by atoms with E-state index in [9.17, 15) is 4.79 Å². The Morgan fingerprint density at radius 1 is 1.45 bits per heavy atom. The smallest absolute Gasteiger partial charge is 0.250 e. The van der Waals surface area contributed by atoms with E-state index < -0.39 is 5.91 Å². The number of nitrogens with two attached hydrogens (primary N) is 1. The molecular weight excluding hydrogens is 252 g/mol. The number of hydrogen-bond donors (Lipinski definition) is 3. The largest absolute Gasteiger partial charge is 0.366 e. The minimum atomic E-state index is -0.446. The lowest BCUT2D eigenvalue weighted by molar-refractivity contribution is 0.100. The first-order valence-corrected chi connectivity index (χ1v) is 7.04. The number of H-pyrrole nitrogens is 1. The Morgan fingerprint density at radius 3 is 2.80 bits per heavy atom. The van der Waals surface area contributed by atoms with Crippen LogP contribution < -0.4 is 11.1 Å². The summed E-state index contributed by atoms with van der Waals surface area (Å²) in [4.78, 5) is 19.4. The van der Waals surface area contributed by atoms with E-state index in [0.717, 1.165) is 11.3 Å². The van der Waals surface area contributed by atoms with Gasteiger partial charge >= 0.3 is 0 Å². The highest BCUT2D eigenvalue weighted by molar-refractivity contribution is 6.04. The van der Waals surface area contributed by atoms with E-state index in [0.29, 0.717) is 17.1 Å². The van der Waals surface area contributed by atoms with E-state index in [1.54, 1.807) is 6.07 Å². The summed E-state index contributed by atoms with van der Waals surface area (Å²) < 4.78 is 0. The molecule has 4 N–H and O–H groups in total. The predicted octanol–water partition coefficient (Wildman–Crippen LogP) is 2.04. The molecule has 0 radical (unpaired) electrons. The average molecular weight is 272 g/mol. The third kappa shape index (κ3) is 2.18. The van der Waals surface area contributed by atoms with Gasteiger partial charge in [0.05, 0.1) is 16.6 Å². The van der Waals surface area contributed by atoms with Crippen molar-refractivity contribution < 1.29 is 4.79 Å². The first-order valence-electron chi connectivity index (χ1n) is 7.04. The van der Waals surface area contributed by atoms with Gasteiger partial charge in [-0.15, -0.1) is 0 Å². The van der Waals surface area contributed by atoms with Crippen LogP contribution in [-0.4, -0.2) is 21.9 Å². The molecule has 0 saturated heterocycles. The van der Waals surface area contributed by atoms with Gasteiger partial charge in [0.2, 0.25) is 0 Å². The minimum absolute atomic E-state index is 0.251. The maximum absolute atomic E-state index is 11.5. The van der Waals surface area contributed by atoms with Crippen molar-refractivity contribution in [2.75, 3.05) is 0 Å². The zero-order valence-corrected chi connectivity index (χ0v) is 11.9. The Hall–Kier alpha value is -1.88. The van der Waals surface area contributed by atoms with Crippen LogP contribution >= 0.6 is 0 Å². The van der Waals surface area contributed by atoms with Crippen LogP contribution in [-0.2, 0) is 5.54 Å². The molecule has 20 heavy (non-hydrogen) atoms. The SMILES string of the molecule is CC(C)(NC1CCC1)c1nc2c(C(N)=O)cccc2[nH]1. The zero-order valence-electron chi connectivity index (χ0n) is 11.9. The van der Waals surface area contributed by atoms with E-state index in [1.165, 1.54) is 19.3 Å². The Morgan fingerprint density at radius 2 is 2.20 bits per heavy atom. The number of carbonyl (C=O) groups is 1. The molecule has 1 aromatic heterocycles. The van der Waals surface area contributed by atoms with Gasteiger partial charge in [0.25, 0.3) is 5.91 Å². The van der Waals surface area contributed by atoms with Crippen molar-refractivity contribution in [1.29, 1.82) is 0 Å². The second-order valence-corrected chi connectivity index (χ2v) is 6.05. The Balaban J connectivity index is 1.99. The number of para-hydroxylation sites is 1. The lowest BCUT2D eigenvalue weighted by Crippen LogP contribution is -2.47. The van der Waals surface area contributed by atoms with Gasteiger partial charge in [-0.2, -0.15) is 0 Å². The van der Waals surface area contributed by atoms with E-state index in [2.05, 4.69) is 29.1 Å². The quantitative estimate of drug-likeness (QED) is 0.796. The van der Waals surface area contributed by atoms with Gasteiger partial charge < -0.3 is 16.0 Å². The van der Waals surface area contributed by atoms with E-state index in [4.69, 9.17) is 5.73 Å². The third-order valence-electron chi connectivity index (χ3n) is 4.04. The molecular formula is C15H20N4O. The van der Waals surface area contributed by atoms with Gasteiger partial charge in [0.1, 0.15) is 11.3 Å². The molecule has 1 aliphatic rings. The summed E-state index contributed by atoms with van der Waals surface area (Å²) in [7, 11) is 0. The molecule has 1 saturated carbocycles. The number of nitrogens with zero attached hydrogens (tertiary/aromatic N) is 1. The first kappa shape index (κ1) is 13.1. The number of imidazole rings is 1. The highest BCUT2D eigenvalue weighted by Gasteiger charge is 2.30. The molecule has 1 aromatic carbocycles. The number of aromatic amines is 1. The lowest BCUT2D eigenvalue weighted by atomic mass is 9.90. The van der Waals surface area contributed by atoms with Gasteiger partial charge in [-0.05, 0) is 38.8 Å². The molecule has 1 aliphatic carbocycles. The fraction of sp³-hybridized carbons (Fsp3) is 0.467. The van der Waals surface area contributed by atoms with Crippen molar-refractivity contribution in [3.63, 3.8) is 0 Å². The Labute approximate surface area is 118 Å². The summed E-state index contributed by atoms with van der Waals surface area (Å²) in [5.74, 6) is 0.395. The monoisotopic (exact) mass is 272 g/mol. The molecule has 3 rings (SSSR count). The normalized spacial score (nSPS) is 16.3. The summed E-state index contributed by atoms with van der Waals surface area (Å²) in [6.07, 6.45) is 3.73. The average Bonchev–Trinajstić information content (AvgIpc) is 2.78. The lowest BCUT2D eigenvalue weighted by Gasteiger charge is -2.35. The zero-order chi connectivity index (χ0) is 14.3. The van der Waals surface area contributed by atoms with Gasteiger partial charge in [-0.1, -0.05) is 12.5 Å². The number of primary amides is 1. The molecule has 5 nitrogen and oxygen atoms in total. The molecule has 0 bridgehead atoms. The number of aromatic nitrogens is 2. The van der Waals surface area contributed by atoms with Gasteiger partial charge in [0, 0.05) is 6.04 Å². The van der Waals surface area contributed by atoms with E-state index >= 15 is 0 Å². The van der Waals surface area contributed by atoms with Crippen LogP contribution in [0.15, 0.2) is 18.2 Å². The maximum atomic E-state index is 11.5. The summed E-state index contributed by atoms with van der Waals surface area (Å²) in [5.41, 5.74) is 7.11. The standard InChI is InChI=1S/C15H20N4O/c1-15(2,19-9-5-3-6-9)14-17-11-8-4-7-10(13(16)20)12(11)18-14/h4,7-9,19H,3,5-6H2,1-2H3,(H2,16,20)(H,17,18). The van der Waals surface area contributed by atoms with Crippen molar-refractivity contribution in [2.24, 2.45) is 5.73 Å². The second-order valence-electron chi connectivity index (χ2n) is 6.05. The van der Waals surface area contributed by atoms with Crippen molar-refractivity contribution in [1.82, 2.24) is 15.3 Å². The number of benzene rings is 1. The van der Waals surface area contributed by atoms with Crippen LogP contribution in [0.5, 0.6) is 0 Å². The van der Waals surface area contributed by atoms with Crippen LogP contribution in [0.1, 0.15) is 49.3 Å². The molecule has 0 unspecified atom stereocenters. The number of hydrogen-bond acceptors (Lipinski definition) is 3. The molecule has 0 aliphatic heterocycles. The second kappa shape index (κ2) is 4.59. The molecule has 1 heterocycles. The van der Waals surface area contributed by atoms with Crippen LogP contribution in [0.4, 0.5) is 0 Å². The van der Waals surface area contributed by atoms with Crippen LogP contribution in [0.2, 0.25) is 0 Å². The first-order chi connectivity index (χ1) is 9.47. The molecule has 2 aromatic rings. The number of nitrogens with one attached hydrogen (secondary N) is 2. The number of rotatable bonds is 4. The van der Waals surface area contributed by atoms with E-state index in [-0.39, 0.29) is 5.54 Å². The van der Waals surface area contributed by atoms with Crippen molar-refractivity contribution >= 4 is 16.9 Å². The highest BCUT2D eigenvalue weighted by Crippen LogP contribution is 2.27. The fourth-order valence-corrected chi connectivity index (χ4v) is 2.66. The molecule has 0 atom stereocenters. The Kier molecular flexibility index (Phi) is 3.01. The van der Waals surface area contributed by atoms with Crippen molar-refractivity contribution in [3.05, 3.63) is 29.6 Å². The number of fused-ring (bicyclic) bond motifs is 1. The van der Waals surface area contributed by atoms with Gasteiger partial charge in [-0.3, -0.25) is 4.79 Å². The number of carbonyl (C=O) groups excluding carboxylic acids is 1. The van der Waals surface area contributed by atoms with Crippen LogP contribution in [0.25, 0.3) is 11.0 Å². The minimum Gasteiger partial charge on any atom is -0.366 e. The van der Waals surface area contributed by atoms with Crippen LogP contribution in [0, 0.1) is 0 Å². The van der Waals surface area contributed by atoms with Crippen molar-refractivity contribution in [2.45, 2.75) is 44.7 Å². The summed E-state index contributed by atoms with van der Waals surface area (Å²) in [6.45, 7) is 4.21. The van der Waals surface area contributed by atoms with Crippen molar-refractivity contribution in [3.8, 4) is 0 Å². The third-order valence-corrected chi connectivity index (χ3v) is 4.04. The summed E-state index contributed by atoms with van der Waals surface area (Å²) in [6, 6.07) is 6.00. The fourth-order valence-electron chi connectivity index (χ4n) is 2.66. The summed E-state index contributed by atoms with van der Waals surface area (Å²) in [5, 5.41) is 3.61. The molecule has 106 valence electrons. The molecule has 1 amide bonds. The molecule has 1 fully saturated rings. The van der Waals surface area contributed by atoms with Crippen LogP contribution in [0.3, 0.4) is 0 Å². The van der Waals surface area contributed by atoms with Gasteiger partial charge in [-0.25, -0.2) is 4.98 Å². The topological polar surface area (TPSA) is 83.8 Å². The Bertz CT molecular complexity index is 655. The summed E-state index contributed by atoms with van der Waals surface area (Å²) >= 11 is 0. The maximum Gasteiger partial charge on any atom is 0.250 e. The van der Waals surface area contributed by atoms with Gasteiger partial charge in [0.15, 0.2) is 0 Å². The predicted molar refractivity (Wildman–Crippen MR) is 78.4 cm³/mol. The highest BCUT2D eigenvalue weighted by atomic mass is 16.1. The molecule has 5 heteroatoms. The molecule has 0 spiro atoms. The van der Waals surface area contributed by atoms with E-state index in [1.807, 2.05) is 12.1 Å². The number of amides is 1.